The average molecular weight is 272 g/mol. The third-order valence-corrected chi connectivity index (χ3v) is 3.58. The fourth-order valence-electron chi connectivity index (χ4n) is 2.70. The summed E-state index contributed by atoms with van der Waals surface area (Å²) in [5.41, 5.74) is 0. The predicted molar refractivity (Wildman–Crippen MR) is 63.2 cm³/mol. The number of cyclic esters (lactones) is 1. The van der Waals surface area contributed by atoms with Crippen LogP contribution in [0.1, 0.15) is 33.1 Å². The lowest BCUT2D eigenvalue weighted by molar-refractivity contribution is -0.206. The van der Waals surface area contributed by atoms with Crippen molar-refractivity contribution in [1.82, 2.24) is 0 Å². The van der Waals surface area contributed by atoms with Gasteiger partial charge in [-0.25, -0.2) is 4.79 Å². The van der Waals surface area contributed by atoms with Crippen molar-refractivity contribution in [2.75, 3.05) is 13.2 Å². The quantitative estimate of drug-likeness (QED) is 0.714. The lowest BCUT2D eigenvalue weighted by Crippen LogP contribution is -2.35. The van der Waals surface area contributed by atoms with Gasteiger partial charge in [-0.2, -0.15) is 0 Å². The van der Waals surface area contributed by atoms with E-state index in [-0.39, 0.29) is 25.0 Å². The summed E-state index contributed by atoms with van der Waals surface area (Å²) < 4.78 is 27.6. The average Bonchev–Trinajstić information content (AvgIpc) is 2.84. The Morgan fingerprint density at radius 2 is 2.16 bits per heavy atom. The number of hydrogen-bond donors (Lipinski definition) is 0. The van der Waals surface area contributed by atoms with E-state index >= 15 is 0 Å². The predicted octanol–water partition coefficient (Wildman–Crippen LogP) is 0.975. The number of carbonyl (C=O) groups is 1. The molecule has 0 aromatic carbocycles. The molecule has 2 unspecified atom stereocenters. The zero-order chi connectivity index (χ0) is 13.5. The van der Waals surface area contributed by atoms with Gasteiger partial charge in [-0.1, -0.05) is 0 Å². The summed E-state index contributed by atoms with van der Waals surface area (Å²) >= 11 is 0. The highest BCUT2D eigenvalue weighted by Gasteiger charge is 2.56. The van der Waals surface area contributed by atoms with Gasteiger partial charge in [0.05, 0.1) is 6.61 Å². The molecule has 3 rings (SSSR count). The van der Waals surface area contributed by atoms with Gasteiger partial charge in [0.1, 0.15) is 6.10 Å². The van der Waals surface area contributed by atoms with Crippen LogP contribution in [0.15, 0.2) is 0 Å². The molecule has 4 atom stereocenters. The maximum Gasteiger partial charge on any atom is 0.338 e. The lowest BCUT2D eigenvalue weighted by atomic mass is 10.1. The largest absolute Gasteiger partial charge is 0.455 e. The van der Waals surface area contributed by atoms with E-state index in [4.69, 9.17) is 23.7 Å². The van der Waals surface area contributed by atoms with Crippen LogP contribution in [0, 0.1) is 0 Å². The van der Waals surface area contributed by atoms with Crippen LogP contribution >= 0.6 is 0 Å². The van der Waals surface area contributed by atoms with Crippen LogP contribution in [0.2, 0.25) is 0 Å². The van der Waals surface area contributed by atoms with E-state index in [9.17, 15) is 4.79 Å². The Morgan fingerprint density at radius 1 is 1.32 bits per heavy atom. The molecule has 0 bridgehead atoms. The summed E-state index contributed by atoms with van der Waals surface area (Å²) in [4.78, 5) is 11.7. The molecule has 6 heteroatoms. The fraction of sp³-hybridized carbons (Fsp3) is 0.923. The lowest BCUT2D eigenvalue weighted by Gasteiger charge is -2.25. The molecule has 108 valence electrons. The minimum Gasteiger partial charge on any atom is -0.455 e. The molecule has 3 fully saturated rings. The number of carbonyl (C=O) groups excluding carboxylic acids is 1. The standard InChI is InChI=1S/C13H20O6/c1-13(2)18-10-8(17-12(14)11(10)19-13)7-16-9-5-3-4-6-15-9/h8-11H,3-7H2,1-2H3/t8-,9?,10?,11-/m1/s1. The Kier molecular flexibility index (Phi) is 3.51. The molecule has 0 saturated carbocycles. The fourth-order valence-corrected chi connectivity index (χ4v) is 2.70. The summed E-state index contributed by atoms with van der Waals surface area (Å²) in [5.74, 6) is -1.11. The molecule has 3 aliphatic rings. The van der Waals surface area contributed by atoms with Crippen LogP contribution in [0.5, 0.6) is 0 Å². The van der Waals surface area contributed by atoms with Crippen LogP contribution in [0.3, 0.4) is 0 Å². The first-order valence-corrected chi connectivity index (χ1v) is 6.84. The molecule has 0 spiro atoms. The van der Waals surface area contributed by atoms with Gasteiger partial charge < -0.3 is 23.7 Å². The Bertz CT molecular complexity index is 349. The molecule has 0 radical (unpaired) electrons. The summed E-state index contributed by atoms with van der Waals surface area (Å²) in [6, 6.07) is 0. The maximum atomic E-state index is 11.7. The number of ether oxygens (including phenoxy) is 5. The molecule has 3 saturated heterocycles. The first-order chi connectivity index (χ1) is 9.05. The Labute approximate surface area is 112 Å². The minimum absolute atomic E-state index is 0.193. The van der Waals surface area contributed by atoms with Crippen molar-refractivity contribution in [3.8, 4) is 0 Å². The van der Waals surface area contributed by atoms with Gasteiger partial charge in [0.15, 0.2) is 24.3 Å². The van der Waals surface area contributed by atoms with Crippen LogP contribution in [0.25, 0.3) is 0 Å². The second-order valence-corrected chi connectivity index (χ2v) is 5.63. The zero-order valence-electron chi connectivity index (χ0n) is 11.3. The van der Waals surface area contributed by atoms with E-state index in [1.54, 1.807) is 13.8 Å². The maximum absolute atomic E-state index is 11.7. The van der Waals surface area contributed by atoms with Gasteiger partial charge in [-0.05, 0) is 33.1 Å². The molecule has 0 N–H and O–H groups in total. The SMILES string of the molecule is CC1(C)OC2[C@@H](COC3CCCCO3)OC(=O)[C@@H]2O1. The first kappa shape index (κ1) is 13.3. The minimum atomic E-state index is -0.742. The summed E-state index contributed by atoms with van der Waals surface area (Å²) in [5, 5.41) is 0. The van der Waals surface area contributed by atoms with Crippen molar-refractivity contribution in [2.45, 2.75) is 63.5 Å². The van der Waals surface area contributed by atoms with Crippen molar-refractivity contribution >= 4 is 5.97 Å². The van der Waals surface area contributed by atoms with Gasteiger partial charge in [-0.15, -0.1) is 0 Å². The topological polar surface area (TPSA) is 63.2 Å². The van der Waals surface area contributed by atoms with E-state index in [2.05, 4.69) is 0 Å². The van der Waals surface area contributed by atoms with Crippen LogP contribution in [-0.2, 0) is 28.5 Å². The number of fused-ring (bicyclic) bond motifs is 1. The van der Waals surface area contributed by atoms with Crippen LogP contribution in [-0.4, -0.2) is 49.6 Å². The number of hydrogen-bond acceptors (Lipinski definition) is 6. The van der Waals surface area contributed by atoms with Gasteiger partial charge in [-0.3, -0.25) is 0 Å². The molecule has 3 heterocycles. The van der Waals surface area contributed by atoms with Gasteiger partial charge >= 0.3 is 5.97 Å². The van der Waals surface area contributed by atoms with E-state index < -0.39 is 18.0 Å². The van der Waals surface area contributed by atoms with Gasteiger partial charge in [0.2, 0.25) is 0 Å². The normalized spacial score (nSPS) is 41.1. The Morgan fingerprint density at radius 3 is 2.89 bits per heavy atom. The summed E-state index contributed by atoms with van der Waals surface area (Å²) in [7, 11) is 0. The molecule has 0 amide bonds. The van der Waals surface area contributed by atoms with Crippen LogP contribution in [0.4, 0.5) is 0 Å². The molecular weight excluding hydrogens is 252 g/mol. The smallest absolute Gasteiger partial charge is 0.338 e. The number of esters is 1. The zero-order valence-corrected chi connectivity index (χ0v) is 11.3. The van der Waals surface area contributed by atoms with E-state index in [1.807, 2.05) is 0 Å². The first-order valence-electron chi connectivity index (χ1n) is 6.84. The highest BCUT2D eigenvalue weighted by molar-refractivity contribution is 5.78. The molecule has 3 aliphatic heterocycles. The molecular formula is C13H20O6. The van der Waals surface area contributed by atoms with Crippen molar-refractivity contribution in [1.29, 1.82) is 0 Å². The summed E-state index contributed by atoms with van der Waals surface area (Å²) in [6.45, 7) is 4.60. The molecule has 19 heavy (non-hydrogen) atoms. The highest BCUT2D eigenvalue weighted by Crippen LogP contribution is 2.36. The third-order valence-electron chi connectivity index (χ3n) is 3.58. The molecule has 0 aromatic rings. The monoisotopic (exact) mass is 272 g/mol. The van der Waals surface area contributed by atoms with E-state index in [0.29, 0.717) is 0 Å². The second-order valence-electron chi connectivity index (χ2n) is 5.63. The van der Waals surface area contributed by atoms with Crippen molar-refractivity contribution in [2.24, 2.45) is 0 Å². The number of rotatable bonds is 3. The van der Waals surface area contributed by atoms with E-state index in [1.165, 1.54) is 0 Å². The van der Waals surface area contributed by atoms with Crippen molar-refractivity contribution in [3.63, 3.8) is 0 Å². The second kappa shape index (κ2) is 5.01. The third kappa shape index (κ3) is 2.76. The summed E-state index contributed by atoms with van der Waals surface area (Å²) in [6.07, 6.45) is 1.45. The Balaban J connectivity index is 1.55. The van der Waals surface area contributed by atoms with Crippen LogP contribution < -0.4 is 0 Å². The van der Waals surface area contributed by atoms with Crippen molar-refractivity contribution in [3.05, 3.63) is 0 Å². The highest BCUT2D eigenvalue weighted by atomic mass is 16.8. The van der Waals surface area contributed by atoms with Gasteiger partial charge in [0, 0.05) is 6.61 Å². The molecule has 0 aromatic heterocycles. The van der Waals surface area contributed by atoms with Crippen molar-refractivity contribution < 1.29 is 28.5 Å². The molecule has 0 aliphatic carbocycles. The van der Waals surface area contributed by atoms with E-state index in [0.717, 1.165) is 25.9 Å². The van der Waals surface area contributed by atoms with Gasteiger partial charge in [0.25, 0.3) is 0 Å². The Hall–Kier alpha value is -0.690. The molecule has 6 nitrogen and oxygen atoms in total.